The molecular formula is C31H34Cl2N3O6S3+. The quantitative estimate of drug-likeness (QED) is 0.0851. The summed E-state index contributed by atoms with van der Waals surface area (Å²) in [6.07, 6.45) is 7.88. The molecule has 0 bridgehead atoms. The van der Waals surface area contributed by atoms with E-state index in [2.05, 4.69) is 32.6 Å². The first-order valence-electron chi connectivity index (χ1n) is 14.5. The summed E-state index contributed by atoms with van der Waals surface area (Å²) >= 11 is 14.4. The summed E-state index contributed by atoms with van der Waals surface area (Å²) in [5.74, 6) is 0.302. The fraction of sp³-hybridized carbons (Fsp3) is 0.323. The van der Waals surface area contributed by atoms with E-state index in [4.69, 9.17) is 27.8 Å². The van der Waals surface area contributed by atoms with Crippen LogP contribution in [-0.2, 0) is 26.8 Å². The molecule has 0 aliphatic carbocycles. The van der Waals surface area contributed by atoms with Gasteiger partial charge in [0, 0.05) is 25.6 Å². The van der Waals surface area contributed by atoms with Crippen LogP contribution in [0.3, 0.4) is 0 Å². The Labute approximate surface area is 277 Å². The number of halogens is 2. The Morgan fingerprint density at radius 3 is 2.22 bits per heavy atom. The number of hydrogen-bond donors (Lipinski definition) is 2. The van der Waals surface area contributed by atoms with Crippen molar-refractivity contribution in [3.05, 3.63) is 81.6 Å². The number of benzene rings is 3. The lowest BCUT2D eigenvalue weighted by Gasteiger charge is -2.24. The van der Waals surface area contributed by atoms with E-state index in [1.165, 1.54) is 0 Å². The van der Waals surface area contributed by atoms with Gasteiger partial charge in [0.25, 0.3) is 25.2 Å². The molecule has 0 amide bonds. The van der Waals surface area contributed by atoms with Gasteiger partial charge in [-0.05, 0) is 55.5 Å². The number of unbranched alkanes of at least 4 members (excludes halogenated alkanes) is 2. The van der Waals surface area contributed by atoms with Crippen LogP contribution in [0, 0.1) is 0 Å². The maximum absolute atomic E-state index is 11.5. The van der Waals surface area contributed by atoms with Crippen LogP contribution in [0.15, 0.2) is 66.5 Å². The van der Waals surface area contributed by atoms with Crippen molar-refractivity contribution in [1.29, 1.82) is 0 Å². The number of fused-ring (bicyclic) bond motifs is 4. The monoisotopic (exact) mass is 710 g/mol. The van der Waals surface area contributed by atoms with Crippen molar-refractivity contribution in [3.8, 4) is 0 Å². The molecule has 1 aromatic heterocycles. The minimum atomic E-state index is -4.09. The lowest BCUT2D eigenvalue weighted by Crippen LogP contribution is -2.36. The Morgan fingerprint density at radius 2 is 1.53 bits per heavy atom. The van der Waals surface area contributed by atoms with Crippen molar-refractivity contribution < 1.29 is 30.5 Å². The second-order valence-electron chi connectivity index (χ2n) is 10.7. The topological polar surface area (TPSA) is 119 Å². The summed E-state index contributed by atoms with van der Waals surface area (Å²) in [5, 5.41) is 3.95. The number of aryl methyl sites for hydroxylation is 1. The highest BCUT2D eigenvalue weighted by Crippen LogP contribution is 2.45. The van der Waals surface area contributed by atoms with Crippen LogP contribution in [0.5, 0.6) is 0 Å². The Bertz CT molecular complexity index is 2010. The molecule has 9 nitrogen and oxygen atoms in total. The lowest BCUT2D eigenvalue weighted by molar-refractivity contribution is -0.667. The lowest BCUT2D eigenvalue weighted by atomic mass is 10.1. The summed E-state index contributed by atoms with van der Waals surface area (Å²) in [5.41, 5.74) is 2.83. The number of hydrogen-bond acceptors (Lipinski definition) is 7. The van der Waals surface area contributed by atoms with Crippen LogP contribution in [-0.4, -0.2) is 50.5 Å². The fourth-order valence-electron chi connectivity index (χ4n) is 5.67. The molecule has 45 heavy (non-hydrogen) atoms. The first-order chi connectivity index (χ1) is 21.4. The molecule has 1 aliphatic heterocycles. The van der Waals surface area contributed by atoms with Gasteiger partial charge in [-0.25, -0.2) is 0 Å². The third-order valence-corrected chi connectivity index (χ3v) is 11.1. The van der Waals surface area contributed by atoms with Crippen molar-refractivity contribution in [2.45, 2.75) is 39.2 Å². The largest absolute Gasteiger partial charge is 0.326 e. The Hall–Kier alpha value is -2.71. The maximum Gasteiger partial charge on any atom is 0.265 e. The smallest absolute Gasteiger partial charge is 0.265 e. The minimum Gasteiger partial charge on any atom is -0.326 e. The molecule has 0 spiro atoms. The second kappa shape index (κ2) is 14.0. The average Bonchev–Trinajstić information content (AvgIpc) is 3.46. The highest BCUT2D eigenvalue weighted by atomic mass is 35.5. The Morgan fingerprint density at radius 1 is 0.867 bits per heavy atom. The zero-order valence-corrected chi connectivity index (χ0v) is 28.5. The molecule has 3 aromatic carbocycles. The first kappa shape index (κ1) is 33.6. The van der Waals surface area contributed by atoms with Gasteiger partial charge in [-0.15, -0.1) is 0 Å². The van der Waals surface area contributed by atoms with Gasteiger partial charge in [0.05, 0.1) is 38.3 Å². The van der Waals surface area contributed by atoms with Crippen molar-refractivity contribution >= 4 is 93.2 Å². The van der Waals surface area contributed by atoms with Gasteiger partial charge >= 0.3 is 0 Å². The summed E-state index contributed by atoms with van der Waals surface area (Å²) < 4.78 is 66.9. The Kier molecular flexibility index (Phi) is 10.4. The van der Waals surface area contributed by atoms with E-state index in [0.29, 0.717) is 48.9 Å². The Balaban J connectivity index is 1.50. The SMILES string of the molecule is CCN1/C(=C/C=C/c2sc3ccc4ccccc4c3[n+]2CCCS(=O)(=O)O)N(CCCCCS(=O)(=O)O)c2cc(Cl)c(Cl)cc21. The van der Waals surface area contributed by atoms with E-state index >= 15 is 0 Å². The van der Waals surface area contributed by atoms with Gasteiger partial charge in [-0.2, -0.15) is 21.4 Å². The minimum absolute atomic E-state index is 0.256. The van der Waals surface area contributed by atoms with Crippen LogP contribution in [0.4, 0.5) is 11.4 Å². The predicted molar refractivity (Wildman–Crippen MR) is 185 cm³/mol. The molecule has 0 radical (unpaired) electrons. The molecule has 0 saturated heterocycles. The van der Waals surface area contributed by atoms with Gasteiger partial charge in [0.2, 0.25) is 5.52 Å². The third-order valence-electron chi connectivity index (χ3n) is 7.63. The molecule has 0 saturated carbocycles. The molecule has 4 aromatic rings. The van der Waals surface area contributed by atoms with E-state index in [0.717, 1.165) is 43.2 Å². The van der Waals surface area contributed by atoms with Crippen molar-refractivity contribution in [3.63, 3.8) is 0 Å². The van der Waals surface area contributed by atoms with Crippen LogP contribution in [0.25, 0.3) is 27.1 Å². The van der Waals surface area contributed by atoms with Crippen molar-refractivity contribution in [1.82, 2.24) is 0 Å². The van der Waals surface area contributed by atoms with Crippen molar-refractivity contribution in [2.24, 2.45) is 0 Å². The second-order valence-corrected chi connectivity index (χ2v) is 15.8. The zero-order chi connectivity index (χ0) is 32.4. The standard InChI is InChI=1S/C31H33Cl2N3O6S3/c1-2-34-26-20-24(32)25(33)21-27(26)35(16-6-3-7-18-44(37,38)39)29(34)12-8-13-30-36(17-9-19-45(40,41)42)31-23-11-5-4-10-22(23)14-15-28(31)43-30/h4-5,8,10-15,20-21H,2-3,6-7,9,16-19H2,1H3,(H-,37,38,39,40,41,42)/p+1. The number of anilines is 2. The maximum atomic E-state index is 11.5. The summed E-state index contributed by atoms with van der Waals surface area (Å²) in [6, 6.07) is 15.9. The molecule has 2 N–H and O–H groups in total. The normalized spacial score (nSPS) is 14.9. The number of aromatic nitrogens is 1. The summed E-state index contributed by atoms with van der Waals surface area (Å²) in [4.78, 5) is 4.27. The van der Waals surface area contributed by atoms with Crippen LogP contribution in [0.1, 0.15) is 37.6 Å². The molecule has 5 rings (SSSR count). The van der Waals surface area contributed by atoms with Crippen LogP contribution >= 0.6 is 34.5 Å². The number of thiazole rings is 1. The van der Waals surface area contributed by atoms with Crippen LogP contribution in [0.2, 0.25) is 10.0 Å². The molecule has 1 aliphatic rings. The zero-order valence-electron chi connectivity index (χ0n) is 24.6. The average molecular weight is 712 g/mol. The van der Waals surface area contributed by atoms with E-state index in [1.54, 1.807) is 11.3 Å². The van der Waals surface area contributed by atoms with E-state index in [-0.39, 0.29) is 17.9 Å². The molecular weight excluding hydrogens is 677 g/mol. The van der Waals surface area contributed by atoms with E-state index < -0.39 is 20.2 Å². The highest BCUT2D eigenvalue weighted by molar-refractivity contribution is 7.86. The molecule has 0 atom stereocenters. The van der Waals surface area contributed by atoms with E-state index in [9.17, 15) is 21.4 Å². The van der Waals surface area contributed by atoms with Crippen LogP contribution < -0.4 is 14.4 Å². The molecule has 240 valence electrons. The van der Waals surface area contributed by atoms with Gasteiger partial charge in [0.15, 0.2) is 6.54 Å². The molecule has 2 heterocycles. The van der Waals surface area contributed by atoms with Crippen molar-refractivity contribution in [2.75, 3.05) is 34.4 Å². The summed E-state index contributed by atoms with van der Waals surface area (Å²) in [6.45, 7) is 3.70. The predicted octanol–water partition coefficient (Wildman–Crippen LogP) is 7.19. The first-order valence-corrected chi connectivity index (χ1v) is 19.3. The summed E-state index contributed by atoms with van der Waals surface area (Å²) in [7, 11) is -8.09. The molecule has 14 heteroatoms. The van der Waals surface area contributed by atoms with E-state index in [1.807, 2.05) is 55.5 Å². The number of allylic oxidation sites excluding steroid dienone is 2. The van der Waals surface area contributed by atoms with Gasteiger partial charge in [-0.1, -0.05) is 71.3 Å². The molecule has 0 unspecified atom stereocenters. The van der Waals surface area contributed by atoms with Gasteiger partial charge in [-0.3, -0.25) is 9.11 Å². The molecule has 0 fully saturated rings. The highest BCUT2D eigenvalue weighted by Gasteiger charge is 2.31. The fourth-order valence-corrected chi connectivity index (χ4v) is 8.17. The number of rotatable bonds is 13. The van der Waals surface area contributed by atoms with Gasteiger partial charge in [0.1, 0.15) is 10.5 Å². The van der Waals surface area contributed by atoms with Gasteiger partial charge < -0.3 is 9.80 Å². The number of nitrogens with zero attached hydrogens (tertiary/aromatic N) is 3. The third kappa shape index (κ3) is 7.99.